The zero-order valence-electron chi connectivity index (χ0n) is 10.1. The van der Waals surface area contributed by atoms with Crippen LogP contribution in [0.5, 0.6) is 0 Å². The molecule has 3 N–H and O–H groups in total. The van der Waals surface area contributed by atoms with Gasteiger partial charge in [0.05, 0.1) is 11.4 Å². The minimum Gasteiger partial charge on any atom is -0.478 e. The third-order valence-corrected chi connectivity index (χ3v) is 3.06. The lowest BCUT2D eigenvalue weighted by molar-refractivity contribution is 0.0697. The number of carboxylic acid groups (broad SMARTS) is 1. The van der Waals surface area contributed by atoms with Crippen LogP contribution in [-0.4, -0.2) is 15.6 Å². The molecule has 2 aromatic rings. The lowest BCUT2D eigenvalue weighted by Crippen LogP contribution is -2.01. The van der Waals surface area contributed by atoms with Crippen molar-refractivity contribution < 1.29 is 14.3 Å². The molecule has 0 saturated carbocycles. The molecular formula is C13H13FN2O2. The van der Waals surface area contributed by atoms with E-state index in [9.17, 15) is 9.18 Å². The maximum absolute atomic E-state index is 12.9. The SMILES string of the molecule is Cc1c(C(=O)O)c(N)c(-c2ccc(F)cc2)n1C. The van der Waals surface area contributed by atoms with Crippen LogP contribution in [0.4, 0.5) is 10.1 Å². The standard InChI is InChI=1S/C13H13FN2O2/c1-7-10(13(17)18)11(15)12(16(7)2)8-3-5-9(14)6-4-8/h3-6H,15H2,1-2H3,(H,17,18). The quantitative estimate of drug-likeness (QED) is 0.857. The van der Waals surface area contributed by atoms with E-state index in [1.807, 2.05) is 0 Å². The minimum absolute atomic E-state index is 0.0943. The molecule has 4 nitrogen and oxygen atoms in total. The molecule has 0 unspecified atom stereocenters. The van der Waals surface area contributed by atoms with Crippen molar-refractivity contribution in [3.63, 3.8) is 0 Å². The van der Waals surface area contributed by atoms with Gasteiger partial charge in [-0.1, -0.05) is 0 Å². The number of nitrogens with two attached hydrogens (primary N) is 1. The Morgan fingerprint density at radius 2 is 1.89 bits per heavy atom. The molecule has 18 heavy (non-hydrogen) atoms. The highest BCUT2D eigenvalue weighted by atomic mass is 19.1. The normalized spacial score (nSPS) is 10.6. The number of aromatic nitrogens is 1. The molecule has 0 saturated heterocycles. The van der Waals surface area contributed by atoms with Gasteiger partial charge in [0.1, 0.15) is 11.4 Å². The summed E-state index contributed by atoms with van der Waals surface area (Å²) in [5, 5.41) is 9.12. The summed E-state index contributed by atoms with van der Waals surface area (Å²) in [5.41, 5.74) is 8.02. The summed E-state index contributed by atoms with van der Waals surface area (Å²) in [6.45, 7) is 1.69. The zero-order chi connectivity index (χ0) is 13.4. The van der Waals surface area contributed by atoms with Gasteiger partial charge in [0.25, 0.3) is 0 Å². The monoisotopic (exact) mass is 248 g/mol. The van der Waals surface area contributed by atoms with Crippen LogP contribution in [0.25, 0.3) is 11.3 Å². The van der Waals surface area contributed by atoms with Crippen LogP contribution in [0.15, 0.2) is 24.3 Å². The molecule has 1 aromatic heterocycles. The highest BCUT2D eigenvalue weighted by molar-refractivity contribution is 5.99. The van der Waals surface area contributed by atoms with Gasteiger partial charge in [-0.3, -0.25) is 0 Å². The Hall–Kier alpha value is -2.30. The van der Waals surface area contributed by atoms with E-state index in [0.29, 0.717) is 17.0 Å². The summed E-state index contributed by atoms with van der Waals surface area (Å²) in [6.07, 6.45) is 0. The van der Waals surface area contributed by atoms with Gasteiger partial charge in [0.2, 0.25) is 0 Å². The molecule has 0 aliphatic rings. The van der Waals surface area contributed by atoms with Crippen LogP contribution >= 0.6 is 0 Å². The summed E-state index contributed by atoms with van der Waals surface area (Å²) >= 11 is 0. The maximum Gasteiger partial charge on any atom is 0.339 e. The summed E-state index contributed by atoms with van der Waals surface area (Å²) in [7, 11) is 1.73. The summed E-state index contributed by atoms with van der Waals surface area (Å²) in [4.78, 5) is 11.1. The van der Waals surface area contributed by atoms with Crippen molar-refractivity contribution in [1.82, 2.24) is 4.57 Å². The van der Waals surface area contributed by atoms with Crippen LogP contribution < -0.4 is 5.73 Å². The Labute approximate surface area is 103 Å². The smallest absolute Gasteiger partial charge is 0.339 e. The number of hydrogen-bond acceptors (Lipinski definition) is 2. The molecular weight excluding hydrogens is 235 g/mol. The van der Waals surface area contributed by atoms with E-state index in [4.69, 9.17) is 10.8 Å². The first-order chi connectivity index (χ1) is 8.43. The van der Waals surface area contributed by atoms with E-state index in [2.05, 4.69) is 0 Å². The first kappa shape index (κ1) is 12.2. The molecule has 5 heteroatoms. The fourth-order valence-electron chi connectivity index (χ4n) is 2.06. The number of halogens is 1. The molecule has 0 aliphatic carbocycles. The van der Waals surface area contributed by atoms with Crippen molar-refractivity contribution in [2.24, 2.45) is 7.05 Å². The lowest BCUT2D eigenvalue weighted by atomic mass is 10.1. The number of nitrogens with zero attached hydrogens (tertiary/aromatic N) is 1. The van der Waals surface area contributed by atoms with Gasteiger partial charge in [-0.2, -0.15) is 0 Å². The van der Waals surface area contributed by atoms with Gasteiger partial charge in [-0.05, 0) is 31.2 Å². The molecule has 1 aromatic carbocycles. The van der Waals surface area contributed by atoms with Crippen molar-refractivity contribution in [3.05, 3.63) is 41.3 Å². The lowest BCUT2D eigenvalue weighted by Gasteiger charge is -2.06. The van der Waals surface area contributed by atoms with E-state index in [1.54, 1.807) is 30.7 Å². The Morgan fingerprint density at radius 3 is 2.33 bits per heavy atom. The first-order valence-electron chi connectivity index (χ1n) is 5.37. The molecule has 0 spiro atoms. The van der Waals surface area contributed by atoms with Crippen LogP contribution in [-0.2, 0) is 7.05 Å². The topological polar surface area (TPSA) is 68.2 Å². The Morgan fingerprint density at radius 1 is 1.33 bits per heavy atom. The Bertz CT molecular complexity index is 615. The van der Waals surface area contributed by atoms with Crippen molar-refractivity contribution in [2.75, 3.05) is 5.73 Å². The number of rotatable bonds is 2. The molecule has 2 rings (SSSR count). The van der Waals surface area contributed by atoms with Gasteiger partial charge in [0, 0.05) is 18.3 Å². The molecule has 0 fully saturated rings. The number of aromatic carboxylic acids is 1. The van der Waals surface area contributed by atoms with Crippen LogP contribution in [0.3, 0.4) is 0 Å². The molecule has 0 atom stereocenters. The second-order valence-electron chi connectivity index (χ2n) is 4.09. The fraction of sp³-hybridized carbons (Fsp3) is 0.154. The Kier molecular flexibility index (Phi) is 2.82. The van der Waals surface area contributed by atoms with Gasteiger partial charge >= 0.3 is 5.97 Å². The number of nitrogen functional groups attached to an aromatic ring is 1. The highest BCUT2D eigenvalue weighted by Gasteiger charge is 2.22. The highest BCUT2D eigenvalue weighted by Crippen LogP contribution is 2.33. The van der Waals surface area contributed by atoms with Gasteiger partial charge in [-0.25, -0.2) is 9.18 Å². The van der Waals surface area contributed by atoms with E-state index < -0.39 is 5.97 Å². The van der Waals surface area contributed by atoms with E-state index >= 15 is 0 Å². The van der Waals surface area contributed by atoms with Crippen molar-refractivity contribution in [1.29, 1.82) is 0 Å². The van der Waals surface area contributed by atoms with E-state index in [1.165, 1.54) is 12.1 Å². The molecule has 0 amide bonds. The first-order valence-corrected chi connectivity index (χ1v) is 5.37. The summed E-state index contributed by atoms with van der Waals surface area (Å²) in [5.74, 6) is -1.41. The van der Waals surface area contributed by atoms with Gasteiger partial charge in [-0.15, -0.1) is 0 Å². The number of anilines is 1. The number of carboxylic acids is 1. The van der Waals surface area contributed by atoms with Gasteiger partial charge < -0.3 is 15.4 Å². The summed E-state index contributed by atoms with van der Waals surface area (Å²) in [6, 6.07) is 5.79. The predicted molar refractivity (Wildman–Crippen MR) is 66.9 cm³/mol. The van der Waals surface area contributed by atoms with E-state index in [0.717, 1.165) is 0 Å². The van der Waals surface area contributed by atoms with Crippen molar-refractivity contribution in [3.8, 4) is 11.3 Å². The minimum atomic E-state index is -1.06. The summed E-state index contributed by atoms with van der Waals surface area (Å²) < 4.78 is 14.6. The fourth-order valence-corrected chi connectivity index (χ4v) is 2.06. The predicted octanol–water partition coefficient (Wildman–Crippen LogP) is 2.42. The maximum atomic E-state index is 12.9. The average Bonchev–Trinajstić information content (AvgIpc) is 2.52. The van der Waals surface area contributed by atoms with Gasteiger partial charge in [0.15, 0.2) is 0 Å². The third-order valence-electron chi connectivity index (χ3n) is 3.06. The molecule has 1 heterocycles. The van der Waals surface area contributed by atoms with Crippen LogP contribution in [0.1, 0.15) is 16.1 Å². The second-order valence-corrected chi connectivity index (χ2v) is 4.09. The van der Waals surface area contributed by atoms with Crippen LogP contribution in [0.2, 0.25) is 0 Å². The third kappa shape index (κ3) is 1.73. The van der Waals surface area contributed by atoms with E-state index in [-0.39, 0.29) is 17.1 Å². The number of carbonyl (C=O) groups is 1. The number of benzene rings is 1. The molecule has 0 radical (unpaired) electrons. The Balaban J connectivity index is 2.69. The zero-order valence-corrected chi connectivity index (χ0v) is 10.1. The molecule has 0 aliphatic heterocycles. The second kappa shape index (κ2) is 4.18. The number of hydrogen-bond donors (Lipinski definition) is 2. The van der Waals surface area contributed by atoms with Crippen molar-refractivity contribution in [2.45, 2.75) is 6.92 Å². The molecule has 0 bridgehead atoms. The largest absolute Gasteiger partial charge is 0.478 e. The average molecular weight is 248 g/mol. The van der Waals surface area contributed by atoms with Crippen molar-refractivity contribution >= 4 is 11.7 Å². The van der Waals surface area contributed by atoms with Crippen LogP contribution in [0, 0.1) is 12.7 Å². The molecule has 94 valence electrons.